The van der Waals surface area contributed by atoms with Gasteiger partial charge in [0.15, 0.2) is 0 Å². The minimum absolute atomic E-state index is 0. The Labute approximate surface area is 141 Å². The van der Waals surface area contributed by atoms with Crippen molar-refractivity contribution in [3.8, 4) is 0 Å². The molecule has 1 rings (SSSR count). The molecule has 0 aliphatic carbocycles. The first-order valence-electron chi connectivity index (χ1n) is 8.17. The fourth-order valence-electron chi connectivity index (χ4n) is 2.68. The molecular formula is C16H32ClN3O2. The number of unbranched alkanes of at least 4 members (excludes halogenated alkanes) is 1. The fraction of sp³-hybridized carbons (Fsp3) is 0.875. The van der Waals surface area contributed by atoms with Crippen LogP contribution in [0, 0.1) is 11.8 Å². The second-order valence-corrected chi connectivity index (χ2v) is 6.36. The Hall–Kier alpha value is -0.810. The number of rotatable bonds is 6. The van der Waals surface area contributed by atoms with Gasteiger partial charge in [-0.2, -0.15) is 0 Å². The lowest BCUT2D eigenvalue weighted by Crippen LogP contribution is -2.47. The molecule has 0 spiro atoms. The van der Waals surface area contributed by atoms with E-state index >= 15 is 0 Å². The Balaban J connectivity index is 0.00000441. The Morgan fingerprint density at radius 2 is 1.82 bits per heavy atom. The van der Waals surface area contributed by atoms with Crippen molar-refractivity contribution in [2.45, 2.75) is 52.5 Å². The van der Waals surface area contributed by atoms with Gasteiger partial charge >= 0.3 is 0 Å². The van der Waals surface area contributed by atoms with Crippen LogP contribution in [0.5, 0.6) is 0 Å². The van der Waals surface area contributed by atoms with E-state index in [2.05, 4.69) is 6.92 Å². The van der Waals surface area contributed by atoms with Crippen LogP contribution in [0.2, 0.25) is 0 Å². The minimum atomic E-state index is -0.149. The van der Waals surface area contributed by atoms with Gasteiger partial charge in [-0.3, -0.25) is 9.59 Å². The molecule has 1 saturated heterocycles. The van der Waals surface area contributed by atoms with Gasteiger partial charge in [0.05, 0.1) is 5.92 Å². The van der Waals surface area contributed by atoms with E-state index < -0.39 is 0 Å². The number of nitrogens with zero attached hydrogens (tertiary/aromatic N) is 2. The Kier molecular flexibility index (Phi) is 9.69. The maximum absolute atomic E-state index is 12.3. The third kappa shape index (κ3) is 5.76. The molecule has 22 heavy (non-hydrogen) atoms. The summed E-state index contributed by atoms with van der Waals surface area (Å²) in [7, 11) is 1.88. The lowest BCUT2D eigenvalue weighted by atomic mass is 9.93. The number of likely N-dealkylation sites (tertiary alicyclic amines) is 1. The predicted octanol–water partition coefficient (Wildman–Crippen LogP) is 1.89. The second-order valence-electron chi connectivity index (χ2n) is 6.36. The summed E-state index contributed by atoms with van der Waals surface area (Å²) in [6, 6.07) is -0.128. The van der Waals surface area contributed by atoms with Gasteiger partial charge in [0, 0.05) is 38.6 Å². The molecule has 0 radical (unpaired) electrons. The van der Waals surface area contributed by atoms with Crippen molar-refractivity contribution in [3.63, 3.8) is 0 Å². The normalized spacial score (nSPS) is 18.3. The van der Waals surface area contributed by atoms with E-state index in [-0.39, 0.29) is 42.1 Å². The number of carbonyl (C=O) groups excluding carboxylic acids is 2. The Bertz CT molecular complexity index is 355. The average molecular weight is 334 g/mol. The van der Waals surface area contributed by atoms with Crippen LogP contribution in [0.4, 0.5) is 0 Å². The van der Waals surface area contributed by atoms with Crippen LogP contribution in [0.1, 0.15) is 46.5 Å². The van der Waals surface area contributed by atoms with Crippen molar-refractivity contribution in [1.29, 1.82) is 0 Å². The first-order chi connectivity index (χ1) is 9.88. The van der Waals surface area contributed by atoms with E-state index in [9.17, 15) is 9.59 Å². The second kappa shape index (κ2) is 10.1. The molecule has 0 aromatic heterocycles. The highest BCUT2D eigenvalue weighted by atomic mass is 35.5. The Morgan fingerprint density at radius 1 is 1.27 bits per heavy atom. The number of nitrogens with two attached hydrogens (primary N) is 1. The molecule has 1 aliphatic rings. The molecule has 6 heteroatoms. The molecule has 2 amide bonds. The van der Waals surface area contributed by atoms with Crippen LogP contribution < -0.4 is 5.73 Å². The molecule has 1 heterocycles. The van der Waals surface area contributed by atoms with Gasteiger partial charge in [-0.1, -0.05) is 20.3 Å². The maximum Gasteiger partial charge on any atom is 0.226 e. The molecule has 2 atom stereocenters. The van der Waals surface area contributed by atoms with Crippen molar-refractivity contribution in [2.75, 3.05) is 26.7 Å². The zero-order chi connectivity index (χ0) is 16.0. The third-order valence-corrected chi connectivity index (χ3v) is 4.56. The van der Waals surface area contributed by atoms with Crippen LogP contribution in [0.3, 0.4) is 0 Å². The molecule has 1 fully saturated rings. The first-order valence-corrected chi connectivity index (χ1v) is 8.17. The van der Waals surface area contributed by atoms with E-state index in [0.29, 0.717) is 13.1 Å². The smallest absolute Gasteiger partial charge is 0.226 e. The highest BCUT2D eigenvalue weighted by Crippen LogP contribution is 2.21. The number of amides is 2. The highest BCUT2D eigenvalue weighted by Gasteiger charge is 2.31. The zero-order valence-corrected chi connectivity index (χ0v) is 15.2. The lowest BCUT2D eigenvalue weighted by molar-refractivity contribution is -0.142. The summed E-state index contributed by atoms with van der Waals surface area (Å²) < 4.78 is 0. The van der Waals surface area contributed by atoms with Gasteiger partial charge in [0.1, 0.15) is 0 Å². The first kappa shape index (κ1) is 21.2. The van der Waals surface area contributed by atoms with E-state index in [0.717, 1.165) is 32.2 Å². The molecule has 1 aliphatic heterocycles. The fourth-order valence-corrected chi connectivity index (χ4v) is 2.68. The monoisotopic (exact) mass is 333 g/mol. The predicted molar refractivity (Wildman–Crippen MR) is 91.9 cm³/mol. The quantitative estimate of drug-likeness (QED) is 0.807. The number of halogens is 1. The van der Waals surface area contributed by atoms with Crippen LogP contribution in [0.25, 0.3) is 0 Å². The number of carbonyl (C=O) groups is 2. The molecular weight excluding hydrogens is 302 g/mol. The standard InChI is InChI=1S/C16H31N3O2.ClH/c1-5-6-9-18(4)16(21)14-7-10-19(11-8-14)15(20)12(2)13(3)17;/h12-14H,5-11,17H2,1-4H3;1H. The largest absolute Gasteiger partial charge is 0.346 e. The van der Waals surface area contributed by atoms with Crippen LogP contribution in [-0.2, 0) is 9.59 Å². The van der Waals surface area contributed by atoms with Crippen molar-refractivity contribution < 1.29 is 9.59 Å². The SMILES string of the molecule is CCCCN(C)C(=O)C1CCN(C(=O)C(C)C(C)N)CC1.Cl. The van der Waals surface area contributed by atoms with Crippen LogP contribution in [0.15, 0.2) is 0 Å². The van der Waals surface area contributed by atoms with Crippen molar-refractivity contribution in [2.24, 2.45) is 17.6 Å². The number of hydrogen-bond acceptors (Lipinski definition) is 3. The summed E-state index contributed by atoms with van der Waals surface area (Å²) >= 11 is 0. The molecule has 0 aromatic rings. The molecule has 0 bridgehead atoms. The summed E-state index contributed by atoms with van der Waals surface area (Å²) in [5, 5.41) is 0. The van der Waals surface area contributed by atoms with Gasteiger partial charge in [0.2, 0.25) is 11.8 Å². The van der Waals surface area contributed by atoms with Gasteiger partial charge in [-0.15, -0.1) is 12.4 Å². The van der Waals surface area contributed by atoms with Gasteiger partial charge in [-0.25, -0.2) is 0 Å². The maximum atomic E-state index is 12.3. The van der Waals surface area contributed by atoms with E-state index in [4.69, 9.17) is 5.73 Å². The van der Waals surface area contributed by atoms with Crippen molar-refractivity contribution in [3.05, 3.63) is 0 Å². The summed E-state index contributed by atoms with van der Waals surface area (Å²) in [6.45, 7) is 8.05. The molecule has 5 nitrogen and oxygen atoms in total. The zero-order valence-electron chi connectivity index (χ0n) is 14.4. The summed E-state index contributed by atoms with van der Waals surface area (Å²) in [5.41, 5.74) is 5.80. The molecule has 0 saturated carbocycles. The van der Waals surface area contributed by atoms with E-state index in [1.165, 1.54) is 0 Å². The summed E-state index contributed by atoms with van der Waals surface area (Å²) in [6.07, 6.45) is 3.69. The van der Waals surface area contributed by atoms with Gasteiger partial charge in [0.25, 0.3) is 0 Å². The minimum Gasteiger partial charge on any atom is -0.346 e. The number of piperidine rings is 1. The lowest BCUT2D eigenvalue weighted by Gasteiger charge is -2.35. The number of hydrogen-bond donors (Lipinski definition) is 1. The Morgan fingerprint density at radius 3 is 2.27 bits per heavy atom. The van der Waals surface area contributed by atoms with Gasteiger partial charge < -0.3 is 15.5 Å². The summed E-state index contributed by atoms with van der Waals surface area (Å²) in [5.74, 6) is 0.275. The topological polar surface area (TPSA) is 66.6 Å². The molecule has 0 aromatic carbocycles. The van der Waals surface area contributed by atoms with Crippen LogP contribution >= 0.6 is 12.4 Å². The third-order valence-electron chi connectivity index (χ3n) is 4.56. The average Bonchev–Trinajstić information content (AvgIpc) is 2.50. The molecule has 2 N–H and O–H groups in total. The highest BCUT2D eigenvalue weighted by molar-refractivity contribution is 5.85. The van der Waals surface area contributed by atoms with Crippen molar-refractivity contribution in [1.82, 2.24) is 9.80 Å². The van der Waals surface area contributed by atoms with Crippen LogP contribution in [-0.4, -0.2) is 54.3 Å². The van der Waals surface area contributed by atoms with E-state index in [1.807, 2.05) is 30.7 Å². The molecule has 130 valence electrons. The van der Waals surface area contributed by atoms with Gasteiger partial charge in [-0.05, 0) is 26.2 Å². The van der Waals surface area contributed by atoms with Crippen molar-refractivity contribution >= 4 is 24.2 Å². The summed E-state index contributed by atoms with van der Waals surface area (Å²) in [4.78, 5) is 28.3. The van der Waals surface area contributed by atoms with E-state index in [1.54, 1.807) is 0 Å². The molecule has 2 unspecified atom stereocenters.